The van der Waals surface area contributed by atoms with Crippen molar-refractivity contribution in [2.24, 2.45) is 5.41 Å². The number of nitrogens with two attached hydrogens (primary N) is 1. The number of hydrogen-bond donors (Lipinski definition) is 5. The third kappa shape index (κ3) is 9.34. The summed E-state index contributed by atoms with van der Waals surface area (Å²) in [4.78, 5) is 57.3. The van der Waals surface area contributed by atoms with Crippen LogP contribution < -0.4 is 26.2 Å². The van der Waals surface area contributed by atoms with Gasteiger partial charge in [0.15, 0.2) is 5.82 Å². The largest absolute Gasteiger partial charge is 0.507 e. The van der Waals surface area contributed by atoms with E-state index in [4.69, 9.17) is 5.73 Å². The number of carbonyl (C=O) groups is 3. The highest BCUT2D eigenvalue weighted by Gasteiger charge is 2.44. The number of phenols is 1. The number of thiazole rings is 1. The minimum Gasteiger partial charge on any atom is -0.507 e. The molecule has 3 aromatic heterocycles. The zero-order chi connectivity index (χ0) is 42.7. The molecule has 6 N–H and O–H groups in total. The normalized spacial score (nSPS) is 17.9. The number of β-amino-alcohol motifs (C(OH)–C–C–N with tert-alkyl or cyclic N) is 1. The summed E-state index contributed by atoms with van der Waals surface area (Å²) in [5.74, 6) is -0.00121. The standard InChI is InChI=1S/C44H52N10O5S/c1-26(29-10-12-30(13-11-29)39-27(2)47-25-60-39)48-42(58)35-22-31(55)24-54(35)43(59)40(44(3,4)5)49-38(57)21-28-14-15-46-37(20-28)53-18-16-52(17-19-53)34-23-33(50-51-41(34)45)32-8-6-7-9-36(32)56/h6-15,20,23,25-26,31,35,40,55-56H,16-19,21-22,24H2,1-5H3,(H2,45,51)(H,48,58)(H,49,57). The number of benzene rings is 2. The van der Waals surface area contributed by atoms with E-state index in [0.29, 0.717) is 43.3 Å². The predicted molar refractivity (Wildman–Crippen MR) is 232 cm³/mol. The average molecular weight is 833 g/mol. The number of piperazine rings is 1. The number of para-hydroxylation sites is 1. The molecule has 2 aliphatic heterocycles. The molecule has 2 aromatic carbocycles. The Morgan fingerprint density at radius 2 is 1.67 bits per heavy atom. The van der Waals surface area contributed by atoms with Gasteiger partial charge in [0.25, 0.3) is 0 Å². The fourth-order valence-corrected chi connectivity index (χ4v) is 8.61. The maximum Gasteiger partial charge on any atom is 0.246 e. The molecule has 2 saturated heterocycles. The first-order chi connectivity index (χ1) is 28.7. The van der Waals surface area contributed by atoms with Gasteiger partial charge in [-0.2, -0.15) is 0 Å². The van der Waals surface area contributed by atoms with Crippen molar-refractivity contribution in [3.63, 3.8) is 0 Å². The average Bonchev–Trinajstić information content (AvgIpc) is 3.85. The van der Waals surface area contributed by atoms with Crippen LogP contribution >= 0.6 is 11.3 Å². The summed E-state index contributed by atoms with van der Waals surface area (Å²) in [5.41, 5.74) is 12.8. The van der Waals surface area contributed by atoms with E-state index < -0.39 is 29.5 Å². The first-order valence-electron chi connectivity index (χ1n) is 20.1. The molecule has 0 saturated carbocycles. The van der Waals surface area contributed by atoms with E-state index in [1.807, 2.05) is 82.6 Å². The topological polar surface area (TPSA) is 203 Å². The van der Waals surface area contributed by atoms with Crippen LogP contribution in [0.3, 0.4) is 0 Å². The van der Waals surface area contributed by atoms with E-state index in [1.54, 1.807) is 41.8 Å². The summed E-state index contributed by atoms with van der Waals surface area (Å²) in [5, 5.41) is 35.4. The lowest BCUT2D eigenvalue weighted by Crippen LogP contribution is -2.58. The number of pyridine rings is 1. The molecule has 5 aromatic rings. The number of nitrogens with zero attached hydrogens (tertiary/aromatic N) is 7. The summed E-state index contributed by atoms with van der Waals surface area (Å²) < 4.78 is 0. The number of nitrogen functional groups attached to an aromatic ring is 1. The minimum atomic E-state index is -0.957. The van der Waals surface area contributed by atoms with E-state index in [1.165, 1.54) is 4.90 Å². The fraction of sp³-hybridized carbons (Fsp3) is 0.386. The maximum absolute atomic E-state index is 14.3. The highest BCUT2D eigenvalue weighted by molar-refractivity contribution is 7.13. The Morgan fingerprint density at radius 1 is 0.950 bits per heavy atom. The highest BCUT2D eigenvalue weighted by atomic mass is 32.1. The number of anilines is 3. The molecule has 0 bridgehead atoms. The van der Waals surface area contributed by atoms with Crippen molar-refractivity contribution in [2.45, 2.75) is 71.7 Å². The zero-order valence-electron chi connectivity index (χ0n) is 34.5. The number of aliphatic hydroxyl groups is 1. The van der Waals surface area contributed by atoms with Crippen LogP contribution in [0.4, 0.5) is 17.3 Å². The first-order valence-corrected chi connectivity index (χ1v) is 21.0. The monoisotopic (exact) mass is 832 g/mol. The number of aliphatic hydroxyl groups excluding tert-OH is 1. The van der Waals surface area contributed by atoms with Crippen LogP contribution in [0.25, 0.3) is 21.7 Å². The number of aromatic nitrogens is 4. The number of carbonyl (C=O) groups excluding carboxylic acids is 3. The van der Waals surface area contributed by atoms with Crippen molar-refractivity contribution in [2.75, 3.05) is 48.3 Å². The smallest absolute Gasteiger partial charge is 0.246 e. The molecular weight excluding hydrogens is 781 g/mol. The Labute approximate surface area is 353 Å². The summed E-state index contributed by atoms with van der Waals surface area (Å²) in [7, 11) is 0. The highest BCUT2D eigenvalue weighted by Crippen LogP contribution is 2.33. The van der Waals surface area contributed by atoms with Crippen molar-refractivity contribution in [3.05, 3.63) is 95.3 Å². The second-order valence-electron chi connectivity index (χ2n) is 16.6. The molecule has 4 unspecified atom stereocenters. The van der Waals surface area contributed by atoms with E-state index in [0.717, 1.165) is 38.8 Å². The van der Waals surface area contributed by atoms with Crippen molar-refractivity contribution in [1.29, 1.82) is 0 Å². The Balaban J connectivity index is 0.965. The molecular formula is C44H52N10O5S. The molecule has 7 rings (SSSR count). The summed E-state index contributed by atoms with van der Waals surface area (Å²) >= 11 is 1.58. The van der Waals surface area contributed by atoms with Crippen LogP contribution in [0.5, 0.6) is 5.75 Å². The lowest BCUT2D eigenvalue weighted by molar-refractivity contribution is -0.144. The molecule has 60 heavy (non-hydrogen) atoms. The van der Waals surface area contributed by atoms with Gasteiger partial charge in [-0.3, -0.25) is 14.4 Å². The van der Waals surface area contributed by atoms with Crippen LogP contribution in [0.15, 0.2) is 78.4 Å². The molecule has 314 valence electrons. The van der Waals surface area contributed by atoms with Crippen molar-refractivity contribution >= 4 is 46.4 Å². The lowest BCUT2D eigenvalue weighted by atomic mass is 9.85. The Kier molecular flexibility index (Phi) is 12.3. The van der Waals surface area contributed by atoms with Gasteiger partial charge in [0, 0.05) is 50.9 Å². The molecule has 2 aliphatic rings. The zero-order valence-corrected chi connectivity index (χ0v) is 35.3. The third-order valence-corrected chi connectivity index (χ3v) is 12.1. The number of aryl methyl sites for hydroxylation is 1. The molecule has 0 radical (unpaired) electrons. The maximum atomic E-state index is 14.3. The summed E-state index contributed by atoms with van der Waals surface area (Å²) in [6.45, 7) is 12.0. The number of phenolic OH excluding ortho intramolecular Hbond substituents is 1. The first kappa shape index (κ1) is 42.0. The number of likely N-dealkylation sites (tertiary alicyclic amines) is 1. The molecule has 4 atom stereocenters. The molecule has 3 amide bonds. The van der Waals surface area contributed by atoms with Crippen LogP contribution in [-0.2, 0) is 20.8 Å². The number of hydrogen-bond acceptors (Lipinski definition) is 13. The van der Waals surface area contributed by atoms with Crippen molar-refractivity contribution in [1.82, 2.24) is 35.7 Å². The molecule has 15 nitrogen and oxygen atoms in total. The van der Waals surface area contributed by atoms with E-state index >= 15 is 0 Å². The molecule has 0 spiro atoms. The lowest BCUT2D eigenvalue weighted by Gasteiger charge is -2.37. The molecule has 0 aliphatic carbocycles. The fourth-order valence-electron chi connectivity index (χ4n) is 7.80. The van der Waals surface area contributed by atoms with Gasteiger partial charge in [0.1, 0.15) is 23.7 Å². The Bertz CT molecular complexity index is 2340. The summed E-state index contributed by atoms with van der Waals surface area (Å²) in [6, 6.07) is 18.2. The van der Waals surface area contributed by atoms with Gasteiger partial charge < -0.3 is 41.3 Å². The SMILES string of the molecule is Cc1ncsc1-c1ccc(C(C)NC(=O)C2CC(O)CN2C(=O)C(NC(=O)Cc2ccnc(N3CCN(c4cc(-c5ccccc5O)nnc4N)CC3)c2)C(C)(C)C)cc1. The van der Waals surface area contributed by atoms with Gasteiger partial charge in [-0.25, -0.2) is 9.97 Å². The predicted octanol–water partition coefficient (Wildman–Crippen LogP) is 4.50. The van der Waals surface area contributed by atoms with Gasteiger partial charge in [-0.1, -0.05) is 57.2 Å². The Hall–Kier alpha value is -6.13. The van der Waals surface area contributed by atoms with Gasteiger partial charge in [-0.05, 0) is 66.3 Å². The second kappa shape index (κ2) is 17.6. The number of amides is 3. The summed E-state index contributed by atoms with van der Waals surface area (Å²) in [6.07, 6.45) is 0.899. The minimum absolute atomic E-state index is 0.00901. The quantitative estimate of drug-likeness (QED) is 0.125. The number of rotatable bonds is 11. The number of nitrogens with one attached hydrogen (secondary N) is 2. The van der Waals surface area contributed by atoms with Crippen LogP contribution in [0.2, 0.25) is 0 Å². The van der Waals surface area contributed by atoms with Gasteiger partial charge in [0.05, 0.1) is 46.0 Å². The number of aromatic hydroxyl groups is 1. The van der Waals surface area contributed by atoms with Crippen LogP contribution in [0.1, 0.15) is 57.0 Å². The van der Waals surface area contributed by atoms with E-state index in [-0.39, 0.29) is 43.0 Å². The molecule has 16 heteroatoms. The third-order valence-electron chi connectivity index (χ3n) is 11.2. The van der Waals surface area contributed by atoms with E-state index in [9.17, 15) is 24.6 Å². The van der Waals surface area contributed by atoms with Crippen molar-refractivity contribution in [3.8, 4) is 27.4 Å². The second-order valence-corrected chi connectivity index (χ2v) is 17.4. The van der Waals surface area contributed by atoms with Gasteiger partial charge in [0.2, 0.25) is 17.7 Å². The Morgan fingerprint density at radius 3 is 2.35 bits per heavy atom. The van der Waals surface area contributed by atoms with Gasteiger partial charge in [-0.15, -0.1) is 21.5 Å². The van der Waals surface area contributed by atoms with Gasteiger partial charge >= 0.3 is 0 Å². The van der Waals surface area contributed by atoms with Crippen molar-refractivity contribution < 1.29 is 24.6 Å². The molecule has 2 fully saturated rings. The molecule has 5 heterocycles. The van der Waals surface area contributed by atoms with E-state index in [2.05, 4.69) is 40.6 Å². The van der Waals surface area contributed by atoms with Crippen LogP contribution in [0, 0.1) is 12.3 Å². The van der Waals surface area contributed by atoms with Crippen LogP contribution in [-0.4, -0.2) is 104 Å².